The van der Waals surface area contributed by atoms with Gasteiger partial charge in [0.1, 0.15) is 0 Å². The first-order valence-corrected chi connectivity index (χ1v) is 7.33. The van der Waals surface area contributed by atoms with Crippen LogP contribution in [0.3, 0.4) is 0 Å². The van der Waals surface area contributed by atoms with E-state index in [1.807, 2.05) is 11.4 Å². The number of nitrogens with zero attached hydrogens (tertiary/aromatic N) is 1. The molecule has 0 unspecified atom stereocenters. The average Bonchev–Trinajstić information content (AvgIpc) is 2.93. The molecule has 0 atom stereocenters. The maximum Gasteiger partial charge on any atom is 0.261 e. The quantitative estimate of drug-likeness (QED) is 0.853. The van der Waals surface area contributed by atoms with Crippen molar-refractivity contribution in [2.24, 2.45) is 0 Å². The molecule has 1 aliphatic heterocycles. The van der Waals surface area contributed by atoms with E-state index in [0.717, 1.165) is 25.9 Å². The zero-order chi connectivity index (χ0) is 13.7. The Labute approximate surface area is 117 Å². The van der Waals surface area contributed by atoms with Crippen molar-refractivity contribution in [1.29, 1.82) is 0 Å². The van der Waals surface area contributed by atoms with Gasteiger partial charge in [0.15, 0.2) is 0 Å². The third-order valence-corrected chi connectivity index (χ3v) is 4.11. The minimum atomic E-state index is -0.187. The van der Waals surface area contributed by atoms with Gasteiger partial charge in [0, 0.05) is 6.04 Å². The molecule has 2 heterocycles. The molecule has 2 N–H and O–H groups in total. The molecule has 2 rings (SSSR count). The molecule has 2 amide bonds. The third kappa shape index (κ3) is 4.33. The zero-order valence-corrected chi connectivity index (χ0v) is 11.8. The van der Waals surface area contributed by atoms with Crippen LogP contribution in [0.15, 0.2) is 17.5 Å². The number of amides is 2. The maximum absolute atomic E-state index is 11.7. The molecular formula is C13H19N3O2S. The highest BCUT2D eigenvalue weighted by molar-refractivity contribution is 7.12. The van der Waals surface area contributed by atoms with Crippen LogP contribution in [0.25, 0.3) is 0 Å². The second-order valence-corrected chi connectivity index (χ2v) is 5.75. The van der Waals surface area contributed by atoms with Gasteiger partial charge in [0.05, 0.1) is 11.4 Å². The Bertz CT molecular complexity index is 425. The Morgan fingerprint density at radius 3 is 2.79 bits per heavy atom. The predicted molar refractivity (Wildman–Crippen MR) is 75.3 cm³/mol. The molecule has 6 heteroatoms. The van der Waals surface area contributed by atoms with Gasteiger partial charge in [-0.3, -0.25) is 9.59 Å². The Morgan fingerprint density at radius 2 is 2.16 bits per heavy atom. The molecule has 0 aliphatic carbocycles. The summed E-state index contributed by atoms with van der Waals surface area (Å²) in [5.41, 5.74) is 0. The molecule has 0 saturated carbocycles. The highest BCUT2D eigenvalue weighted by Gasteiger charge is 2.18. The summed E-state index contributed by atoms with van der Waals surface area (Å²) >= 11 is 1.37. The van der Waals surface area contributed by atoms with E-state index in [2.05, 4.69) is 22.6 Å². The Hall–Kier alpha value is -1.40. The number of piperidine rings is 1. The number of carbonyl (C=O) groups excluding carboxylic acids is 2. The largest absolute Gasteiger partial charge is 0.352 e. The van der Waals surface area contributed by atoms with E-state index in [-0.39, 0.29) is 24.4 Å². The number of thiophene rings is 1. The summed E-state index contributed by atoms with van der Waals surface area (Å²) in [6.07, 6.45) is 1.95. The molecule has 1 fully saturated rings. The van der Waals surface area contributed by atoms with Crippen LogP contribution in [0.5, 0.6) is 0 Å². The molecular weight excluding hydrogens is 262 g/mol. The van der Waals surface area contributed by atoms with Crippen LogP contribution in [-0.4, -0.2) is 49.4 Å². The Balaban J connectivity index is 1.69. The van der Waals surface area contributed by atoms with E-state index < -0.39 is 0 Å². The number of likely N-dealkylation sites (tertiary alicyclic amines) is 1. The van der Waals surface area contributed by atoms with E-state index in [0.29, 0.717) is 4.88 Å². The first kappa shape index (κ1) is 14.0. The van der Waals surface area contributed by atoms with Crippen molar-refractivity contribution in [3.63, 3.8) is 0 Å². The standard InChI is InChI=1S/C13H19N3O2S/c1-16-6-4-10(5-7-16)15-12(17)9-14-13(18)11-3-2-8-19-11/h2-3,8,10H,4-7,9H2,1H3,(H,14,18)(H,15,17). The topological polar surface area (TPSA) is 61.4 Å². The lowest BCUT2D eigenvalue weighted by atomic mass is 10.1. The molecule has 1 aliphatic rings. The van der Waals surface area contributed by atoms with Gasteiger partial charge in [-0.2, -0.15) is 0 Å². The van der Waals surface area contributed by atoms with E-state index in [9.17, 15) is 9.59 Å². The van der Waals surface area contributed by atoms with Crippen molar-refractivity contribution in [1.82, 2.24) is 15.5 Å². The molecule has 1 aromatic rings. The van der Waals surface area contributed by atoms with Gasteiger partial charge in [-0.15, -0.1) is 11.3 Å². The van der Waals surface area contributed by atoms with Gasteiger partial charge in [-0.05, 0) is 44.4 Å². The fourth-order valence-corrected chi connectivity index (χ4v) is 2.73. The summed E-state index contributed by atoms with van der Waals surface area (Å²) in [4.78, 5) is 26.3. The van der Waals surface area contributed by atoms with Crippen molar-refractivity contribution in [2.45, 2.75) is 18.9 Å². The predicted octanol–water partition coefficient (Wildman–Crippen LogP) is 0.688. The minimum absolute atomic E-state index is 0.0447. The fourth-order valence-electron chi connectivity index (χ4n) is 2.09. The van der Waals surface area contributed by atoms with Gasteiger partial charge in [-0.25, -0.2) is 0 Å². The first-order valence-electron chi connectivity index (χ1n) is 6.45. The summed E-state index contributed by atoms with van der Waals surface area (Å²) in [5, 5.41) is 7.44. The van der Waals surface area contributed by atoms with E-state index in [4.69, 9.17) is 0 Å². The monoisotopic (exact) mass is 281 g/mol. The van der Waals surface area contributed by atoms with Crippen molar-refractivity contribution in [3.8, 4) is 0 Å². The highest BCUT2D eigenvalue weighted by atomic mass is 32.1. The van der Waals surface area contributed by atoms with Crippen LogP contribution >= 0.6 is 11.3 Å². The van der Waals surface area contributed by atoms with Crippen molar-refractivity contribution < 1.29 is 9.59 Å². The van der Waals surface area contributed by atoms with Crippen molar-refractivity contribution >= 4 is 23.2 Å². The molecule has 104 valence electrons. The lowest BCUT2D eigenvalue weighted by molar-refractivity contribution is -0.121. The normalized spacial score (nSPS) is 17.1. The second-order valence-electron chi connectivity index (χ2n) is 4.81. The van der Waals surface area contributed by atoms with Gasteiger partial charge in [0.2, 0.25) is 5.91 Å². The third-order valence-electron chi connectivity index (χ3n) is 3.24. The summed E-state index contributed by atoms with van der Waals surface area (Å²) in [7, 11) is 2.08. The lowest BCUT2D eigenvalue weighted by Crippen LogP contribution is -2.46. The summed E-state index contributed by atoms with van der Waals surface area (Å²) in [5.74, 6) is -0.298. The molecule has 1 saturated heterocycles. The molecule has 1 aromatic heterocycles. The number of hydrogen-bond donors (Lipinski definition) is 2. The van der Waals surface area contributed by atoms with Gasteiger partial charge in [0.25, 0.3) is 5.91 Å². The molecule has 0 bridgehead atoms. The Kier molecular flexibility index (Phi) is 4.93. The Morgan fingerprint density at radius 1 is 1.42 bits per heavy atom. The molecule has 5 nitrogen and oxygen atoms in total. The number of carbonyl (C=O) groups is 2. The number of hydrogen-bond acceptors (Lipinski definition) is 4. The van der Waals surface area contributed by atoms with Crippen LogP contribution in [0.1, 0.15) is 22.5 Å². The lowest BCUT2D eigenvalue weighted by Gasteiger charge is -2.29. The fraction of sp³-hybridized carbons (Fsp3) is 0.538. The van der Waals surface area contributed by atoms with Gasteiger partial charge in [-0.1, -0.05) is 6.07 Å². The SMILES string of the molecule is CN1CCC(NC(=O)CNC(=O)c2cccs2)CC1. The second kappa shape index (κ2) is 6.68. The van der Waals surface area contributed by atoms with Crippen molar-refractivity contribution in [3.05, 3.63) is 22.4 Å². The summed E-state index contributed by atoms with van der Waals surface area (Å²) in [6, 6.07) is 3.80. The van der Waals surface area contributed by atoms with Crippen LogP contribution in [0.2, 0.25) is 0 Å². The van der Waals surface area contributed by atoms with Crippen LogP contribution in [0.4, 0.5) is 0 Å². The highest BCUT2D eigenvalue weighted by Crippen LogP contribution is 2.08. The smallest absolute Gasteiger partial charge is 0.261 e. The van der Waals surface area contributed by atoms with Crippen LogP contribution in [0, 0.1) is 0 Å². The van der Waals surface area contributed by atoms with Gasteiger partial charge >= 0.3 is 0 Å². The molecule has 0 radical (unpaired) electrons. The van der Waals surface area contributed by atoms with Gasteiger partial charge < -0.3 is 15.5 Å². The van der Waals surface area contributed by atoms with E-state index in [1.165, 1.54) is 11.3 Å². The van der Waals surface area contributed by atoms with Crippen molar-refractivity contribution in [2.75, 3.05) is 26.7 Å². The van der Waals surface area contributed by atoms with Crippen LogP contribution < -0.4 is 10.6 Å². The summed E-state index contributed by atoms with van der Waals surface area (Å²) < 4.78 is 0. The molecule has 0 spiro atoms. The maximum atomic E-state index is 11.7. The summed E-state index contributed by atoms with van der Waals surface area (Å²) in [6.45, 7) is 2.06. The zero-order valence-electron chi connectivity index (χ0n) is 11.0. The van der Waals surface area contributed by atoms with Crippen LogP contribution in [-0.2, 0) is 4.79 Å². The number of rotatable bonds is 4. The minimum Gasteiger partial charge on any atom is -0.352 e. The molecule has 19 heavy (non-hydrogen) atoms. The van der Waals surface area contributed by atoms with E-state index >= 15 is 0 Å². The average molecular weight is 281 g/mol. The first-order chi connectivity index (χ1) is 9.15. The molecule has 0 aromatic carbocycles. The van der Waals surface area contributed by atoms with E-state index in [1.54, 1.807) is 6.07 Å². The number of nitrogens with one attached hydrogen (secondary N) is 2.